The lowest BCUT2D eigenvalue weighted by Gasteiger charge is -2.20. The van der Waals surface area contributed by atoms with Crippen molar-refractivity contribution in [2.45, 2.75) is 11.8 Å². The third-order valence-corrected chi connectivity index (χ3v) is 7.09. The summed E-state index contributed by atoms with van der Waals surface area (Å²) in [6, 6.07) is 16.1. The van der Waals surface area contributed by atoms with E-state index in [2.05, 4.69) is 5.32 Å². The number of nitrogens with one attached hydrogen (secondary N) is 1. The van der Waals surface area contributed by atoms with Crippen LogP contribution < -0.4 is 23.8 Å². The van der Waals surface area contributed by atoms with Crippen molar-refractivity contribution in [2.75, 3.05) is 37.5 Å². The molecule has 0 aliphatic rings. The van der Waals surface area contributed by atoms with Crippen molar-refractivity contribution in [3.63, 3.8) is 0 Å². The predicted octanol–water partition coefficient (Wildman–Crippen LogP) is 4.51. The summed E-state index contributed by atoms with van der Waals surface area (Å²) < 4.78 is 42.8. The van der Waals surface area contributed by atoms with Crippen molar-refractivity contribution in [1.82, 2.24) is 0 Å². The average molecular weight is 505 g/mol. The molecule has 0 aliphatic heterocycles. The molecule has 0 bridgehead atoms. The van der Waals surface area contributed by atoms with Crippen LogP contribution in [-0.2, 0) is 14.8 Å². The molecule has 0 radical (unpaired) electrons. The maximum Gasteiger partial charge on any atom is 0.264 e. The number of ether oxygens (including phenoxy) is 3. The summed E-state index contributed by atoms with van der Waals surface area (Å²) in [6.45, 7) is 1.62. The molecular weight excluding hydrogens is 480 g/mol. The monoisotopic (exact) mass is 504 g/mol. The summed E-state index contributed by atoms with van der Waals surface area (Å²) in [6.07, 6.45) is 0. The minimum atomic E-state index is -3.70. The van der Waals surface area contributed by atoms with E-state index in [0.717, 1.165) is 5.56 Å². The number of benzene rings is 3. The smallest absolute Gasteiger partial charge is 0.264 e. The molecule has 1 amide bonds. The van der Waals surface area contributed by atoms with Gasteiger partial charge in [-0.25, -0.2) is 8.42 Å². The predicted molar refractivity (Wildman–Crippen MR) is 132 cm³/mol. The normalized spacial score (nSPS) is 11.0. The molecule has 10 heteroatoms. The van der Waals surface area contributed by atoms with Crippen LogP contribution in [0, 0.1) is 6.92 Å². The first-order valence-corrected chi connectivity index (χ1v) is 12.0. The molecule has 0 atom stereocenters. The Hall–Kier alpha value is -3.43. The van der Waals surface area contributed by atoms with Gasteiger partial charge in [-0.3, -0.25) is 9.10 Å². The molecule has 0 spiro atoms. The summed E-state index contributed by atoms with van der Waals surface area (Å²) in [5, 5.41) is 3.04. The van der Waals surface area contributed by atoms with Crippen LogP contribution in [0.15, 0.2) is 65.6 Å². The zero-order valence-electron chi connectivity index (χ0n) is 19.2. The summed E-state index contributed by atoms with van der Waals surface area (Å²) in [4.78, 5) is 12.6. The van der Waals surface area contributed by atoms with Gasteiger partial charge in [0.15, 0.2) is 6.61 Å². The van der Waals surface area contributed by atoms with Gasteiger partial charge < -0.3 is 19.5 Å². The fourth-order valence-electron chi connectivity index (χ4n) is 3.05. The number of aryl methyl sites for hydroxylation is 1. The van der Waals surface area contributed by atoms with E-state index >= 15 is 0 Å². The lowest BCUT2D eigenvalue weighted by atomic mass is 10.2. The van der Waals surface area contributed by atoms with Gasteiger partial charge in [0.05, 0.1) is 35.5 Å². The van der Waals surface area contributed by atoms with E-state index in [1.165, 1.54) is 31.6 Å². The molecule has 0 saturated carbocycles. The number of rotatable bonds is 9. The molecule has 0 fully saturated rings. The molecule has 3 rings (SSSR count). The van der Waals surface area contributed by atoms with E-state index in [1.54, 1.807) is 54.6 Å². The number of anilines is 2. The Labute approximate surface area is 204 Å². The average Bonchev–Trinajstić information content (AvgIpc) is 2.83. The van der Waals surface area contributed by atoms with Crippen LogP contribution in [0.4, 0.5) is 11.4 Å². The fraction of sp³-hybridized carbons (Fsp3) is 0.208. The molecular formula is C24H25ClN2O6S. The first kappa shape index (κ1) is 25.2. The van der Waals surface area contributed by atoms with Crippen molar-refractivity contribution in [2.24, 2.45) is 0 Å². The highest BCUT2D eigenvalue weighted by molar-refractivity contribution is 7.92. The Morgan fingerprint density at radius 3 is 2.18 bits per heavy atom. The van der Waals surface area contributed by atoms with Crippen molar-refractivity contribution in [3.05, 3.63) is 71.2 Å². The van der Waals surface area contributed by atoms with Crippen LogP contribution in [0.1, 0.15) is 5.56 Å². The SMILES string of the molecule is COc1cc(NC(=O)COc2ccc(N(C)S(=O)(=O)c3ccc(C)cc3)cc2)c(OC)cc1Cl. The number of halogens is 1. The largest absolute Gasteiger partial charge is 0.495 e. The molecule has 34 heavy (non-hydrogen) atoms. The molecule has 0 aliphatic carbocycles. The van der Waals surface area contributed by atoms with Gasteiger partial charge in [-0.15, -0.1) is 0 Å². The number of nitrogens with zero attached hydrogens (tertiary/aromatic N) is 1. The molecule has 0 heterocycles. The lowest BCUT2D eigenvalue weighted by Crippen LogP contribution is -2.26. The molecule has 180 valence electrons. The third-order valence-electron chi connectivity index (χ3n) is 5.00. The molecule has 0 saturated heterocycles. The summed E-state index contributed by atoms with van der Waals surface area (Å²) in [7, 11) is 0.706. The topological polar surface area (TPSA) is 94.2 Å². The standard InChI is InChI=1S/C24H25ClN2O6S/c1-16-5-11-19(12-6-16)34(29,30)27(2)17-7-9-18(10-8-17)33-15-24(28)26-21-14-22(31-3)20(25)13-23(21)32-4/h5-14H,15H2,1-4H3,(H,26,28). The molecule has 3 aromatic carbocycles. The minimum absolute atomic E-state index is 0.201. The quantitative estimate of drug-likeness (QED) is 0.461. The maximum absolute atomic E-state index is 12.9. The van der Waals surface area contributed by atoms with Crippen LogP contribution in [0.25, 0.3) is 0 Å². The van der Waals surface area contributed by atoms with Crippen molar-refractivity contribution >= 4 is 38.9 Å². The zero-order chi connectivity index (χ0) is 24.9. The Bertz CT molecular complexity index is 1260. The number of sulfonamides is 1. The highest BCUT2D eigenvalue weighted by atomic mass is 35.5. The summed E-state index contributed by atoms with van der Waals surface area (Å²) in [5.74, 6) is 0.742. The van der Waals surface area contributed by atoms with E-state index in [4.69, 9.17) is 25.8 Å². The fourth-order valence-corrected chi connectivity index (χ4v) is 4.48. The van der Waals surface area contributed by atoms with E-state index in [1.807, 2.05) is 6.92 Å². The minimum Gasteiger partial charge on any atom is -0.495 e. The van der Waals surface area contributed by atoms with Gasteiger partial charge in [0.1, 0.15) is 17.2 Å². The second-order valence-corrected chi connectivity index (χ2v) is 9.68. The van der Waals surface area contributed by atoms with E-state index < -0.39 is 15.9 Å². The van der Waals surface area contributed by atoms with Crippen molar-refractivity contribution < 1.29 is 27.4 Å². The van der Waals surface area contributed by atoms with Gasteiger partial charge in [-0.2, -0.15) is 0 Å². The summed E-state index contributed by atoms with van der Waals surface area (Å²) in [5.41, 5.74) is 1.81. The number of hydrogen-bond acceptors (Lipinski definition) is 6. The van der Waals surface area contributed by atoms with E-state index in [9.17, 15) is 13.2 Å². The van der Waals surface area contributed by atoms with Crippen LogP contribution >= 0.6 is 11.6 Å². The van der Waals surface area contributed by atoms with Crippen LogP contribution in [0.2, 0.25) is 5.02 Å². The highest BCUT2D eigenvalue weighted by Gasteiger charge is 2.21. The number of hydrogen-bond donors (Lipinski definition) is 1. The Morgan fingerprint density at radius 1 is 0.971 bits per heavy atom. The first-order valence-electron chi connectivity index (χ1n) is 10.2. The van der Waals surface area contributed by atoms with Crippen molar-refractivity contribution in [1.29, 1.82) is 0 Å². The highest BCUT2D eigenvalue weighted by Crippen LogP contribution is 2.35. The molecule has 0 unspecified atom stereocenters. The summed E-state index contributed by atoms with van der Waals surface area (Å²) >= 11 is 6.08. The second kappa shape index (κ2) is 10.7. The Morgan fingerprint density at radius 2 is 1.59 bits per heavy atom. The Kier molecular flexibility index (Phi) is 7.90. The van der Waals surface area contributed by atoms with Crippen LogP contribution in [0.5, 0.6) is 17.2 Å². The van der Waals surface area contributed by atoms with Gasteiger partial charge in [-0.1, -0.05) is 29.3 Å². The van der Waals surface area contributed by atoms with E-state index in [-0.39, 0.29) is 11.5 Å². The number of methoxy groups -OCH3 is 2. The molecule has 0 aromatic heterocycles. The van der Waals surface area contributed by atoms with Crippen LogP contribution in [-0.4, -0.2) is 42.2 Å². The first-order chi connectivity index (χ1) is 16.1. The van der Waals surface area contributed by atoms with Gasteiger partial charge in [-0.05, 0) is 43.3 Å². The number of carbonyl (C=O) groups is 1. The van der Waals surface area contributed by atoms with Gasteiger partial charge >= 0.3 is 0 Å². The number of carbonyl (C=O) groups excluding carboxylic acids is 1. The lowest BCUT2D eigenvalue weighted by molar-refractivity contribution is -0.118. The van der Waals surface area contributed by atoms with Gasteiger partial charge in [0, 0.05) is 19.2 Å². The maximum atomic E-state index is 12.9. The van der Waals surface area contributed by atoms with Gasteiger partial charge in [0.2, 0.25) is 0 Å². The molecule has 1 N–H and O–H groups in total. The van der Waals surface area contributed by atoms with Gasteiger partial charge in [0.25, 0.3) is 15.9 Å². The second-order valence-electron chi connectivity index (χ2n) is 7.30. The van der Waals surface area contributed by atoms with Crippen molar-refractivity contribution in [3.8, 4) is 17.2 Å². The molecule has 8 nitrogen and oxygen atoms in total. The zero-order valence-corrected chi connectivity index (χ0v) is 20.7. The van der Waals surface area contributed by atoms with Crippen LogP contribution in [0.3, 0.4) is 0 Å². The molecule has 3 aromatic rings. The third kappa shape index (κ3) is 5.73. The van der Waals surface area contributed by atoms with E-state index in [0.29, 0.717) is 33.6 Å². The number of amides is 1. The Balaban J connectivity index is 1.64.